The second kappa shape index (κ2) is 14.4. The second-order valence-electron chi connectivity index (χ2n) is 15.2. The van der Waals surface area contributed by atoms with E-state index in [4.69, 9.17) is 26.9 Å². The monoisotopic (exact) mass is 670 g/mol. The van der Waals surface area contributed by atoms with Gasteiger partial charge in [-0.05, 0) is 51.6 Å². The Labute approximate surface area is 271 Å². The van der Waals surface area contributed by atoms with Crippen LogP contribution in [0.4, 0.5) is 0 Å². The quantitative estimate of drug-likeness (QED) is 0.205. The minimum absolute atomic E-state index is 0.0895. The first kappa shape index (κ1) is 37.4. The molecule has 2 bridgehead atoms. The summed E-state index contributed by atoms with van der Waals surface area (Å²) >= 11 is 1.79. The normalized spacial score (nSPS) is 28.0. The van der Waals surface area contributed by atoms with E-state index in [9.17, 15) is 0 Å². The number of fused-ring (bicyclic) bond motifs is 2. The Morgan fingerprint density at radius 2 is 1.49 bits per heavy atom. The maximum Gasteiger partial charge on any atom is 0.335 e. The summed E-state index contributed by atoms with van der Waals surface area (Å²) in [6, 6.07) is 10.4. The van der Waals surface area contributed by atoms with Crippen LogP contribution in [0.25, 0.3) is 0 Å². The van der Waals surface area contributed by atoms with Gasteiger partial charge in [0.1, 0.15) is 18.3 Å². The predicted molar refractivity (Wildman–Crippen MR) is 188 cm³/mol. The summed E-state index contributed by atoms with van der Waals surface area (Å²) in [7, 11) is -7.73. The summed E-state index contributed by atoms with van der Waals surface area (Å²) in [5.74, 6) is 0.868. The Morgan fingerprint density at radius 1 is 0.930 bits per heavy atom. The lowest BCUT2D eigenvalue weighted by Crippen LogP contribution is -2.63. The summed E-state index contributed by atoms with van der Waals surface area (Å²) in [5.41, 5.74) is 2.06. The first-order chi connectivity index (χ1) is 19.9. The number of rotatable bonds is 12. The number of thioether (sulfide) groups is 1. The molecule has 0 radical (unpaired) electrons. The largest absolute Gasteiger partial charge is 0.414 e. The molecule has 3 rings (SSSR count). The standard InChI is InChI=1S/C33H62O6SSi3/c1-15-40-33-23-36-42(24(2)3,25(4)5)39-43(26(6)7,27(8)9)38-30(31(33)34-21-28-19-17-16-18-20-28)29(37-33)22-35-41(13,14)32(10,11)12/h16-20,24-27,29-31H,15,21-23H2,1-14H3/t29-,30-,31+,33+/m1/s1. The zero-order valence-electron chi connectivity index (χ0n) is 29.6. The van der Waals surface area contributed by atoms with Gasteiger partial charge in [0.05, 0.1) is 19.8 Å². The van der Waals surface area contributed by atoms with Gasteiger partial charge in [-0.3, -0.25) is 0 Å². The first-order valence-electron chi connectivity index (χ1n) is 16.5. The van der Waals surface area contributed by atoms with E-state index in [0.717, 1.165) is 11.3 Å². The van der Waals surface area contributed by atoms with Crippen molar-refractivity contribution in [2.45, 2.75) is 153 Å². The van der Waals surface area contributed by atoms with Gasteiger partial charge in [0.25, 0.3) is 0 Å². The van der Waals surface area contributed by atoms with Gasteiger partial charge in [0.2, 0.25) is 0 Å². The molecule has 2 fully saturated rings. The van der Waals surface area contributed by atoms with E-state index >= 15 is 0 Å². The van der Waals surface area contributed by atoms with Crippen LogP contribution in [-0.2, 0) is 33.5 Å². The molecular formula is C33H62O6SSi3. The average molecular weight is 671 g/mol. The lowest BCUT2D eigenvalue weighted by molar-refractivity contribution is -0.0801. The van der Waals surface area contributed by atoms with E-state index in [2.05, 4.69) is 120 Å². The molecule has 1 aromatic carbocycles. The van der Waals surface area contributed by atoms with Crippen molar-refractivity contribution >= 4 is 37.2 Å². The molecule has 2 aliphatic rings. The van der Waals surface area contributed by atoms with Gasteiger partial charge in [0, 0.05) is 0 Å². The molecule has 2 aliphatic heterocycles. The van der Waals surface area contributed by atoms with Gasteiger partial charge < -0.3 is 26.9 Å². The van der Waals surface area contributed by atoms with E-state index in [1.54, 1.807) is 11.8 Å². The highest BCUT2D eigenvalue weighted by Crippen LogP contribution is 2.52. The van der Waals surface area contributed by atoms with E-state index in [1.165, 1.54) is 0 Å². The summed E-state index contributed by atoms with van der Waals surface area (Å²) < 4.78 is 43.5. The highest BCUT2D eigenvalue weighted by molar-refractivity contribution is 8.00. The van der Waals surface area contributed by atoms with E-state index in [0.29, 0.717) is 19.8 Å². The molecule has 0 aliphatic carbocycles. The summed E-state index contributed by atoms with van der Waals surface area (Å²) in [5, 5.41) is 0.0895. The van der Waals surface area contributed by atoms with Crippen LogP contribution in [-0.4, -0.2) is 67.7 Å². The SMILES string of the molecule is CCS[C@]12CO[Si](C(C)C)(C(C)C)O[Si](C(C)C)(C(C)C)O[C@H]([C@@H](CO[Si](C)(C)C(C)(C)C)O1)[C@@H]2OCc1ccccc1. The average Bonchev–Trinajstić information content (AvgIpc) is 3.21. The molecule has 0 aromatic heterocycles. The van der Waals surface area contributed by atoms with E-state index in [-0.39, 0.29) is 45.5 Å². The van der Waals surface area contributed by atoms with Crippen molar-refractivity contribution in [2.75, 3.05) is 19.0 Å². The molecule has 0 spiro atoms. The van der Waals surface area contributed by atoms with Crippen LogP contribution in [0.3, 0.4) is 0 Å². The van der Waals surface area contributed by atoms with Gasteiger partial charge in [-0.2, -0.15) is 0 Å². The minimum atomic E-state index is -2.91. The maximum atomic E-state index is 7.61. The fourth-order valence-corrected chi connectivity index (χ4v) is 19.8. The zero-order valence-corrected chi connectivity index (χ0v) is 33.4. The molecule has 10 heteroatoms. The summed E-state index contributed by atoms with van der Waals surface area (Å²) in [6.07, 6.45) is -0.975. The van der Waals surface area contributed by atoms with Crippen LogP contribution >= 0.6 is 11.8 Å². The van der Waals surface area contributed by atoms with Gasteiger partial charge in [-0.15, -0.1) is 11.8 Å². The van der Waals surface area contributed by atoms with Crippen LogP contribution in [0.5, 0.6) is 0 Å². The molecule has 2 heterocycles. The van der Waals surface area contributed by atoms with E-state index in [1.807, 2.05) is 6.07 Å². The highest BCUT2D eigenvalue weighted by Gasteiger charge is 2.66. The van der Waals surface area contributed by atoms with Crippen LogP contribution in [0.15, 0.2) is 30.3 Å². The number of hydrogen-bond acceptors (Lipinski definition) is 7. The molecule has 43 heavy (non-hydrogen) atoms. The van der Waals surface area contributed by atoms with Gasteiger partial charge in [0.15, 0.2) is 13.3 Å². The topological polar surface area (TPSA) is 55.4 Å². The third kappa shape index (κ3) is 7.76. The van der Waals surface area contributed by atoms with Crippen LogP contribution in [0.1, 0.15) is 88.6 Å². The molecule has 0 unspecified atom stereocenters. The number of benzene rings is 1. The molecule has 4 atom stereocenters. The molecule has 1 aromatic rings. The Bertz CT molecular complexity index is 1000. The third-order valence-corrected chi connectivity index (χ3v) is 25.8. The van der Waals surface area contributed by atoms with Crippen molar-refractivity contribution < 1.29 is 26.9 Å². The summed E-state index contributed by atoms with van der Waals surface area (Å²) in [6.45, 7) is 33.1. The zero-order chi connectivity index (χ0) is 32.4. The van der Waals surface area contributed by atoms with Crippen molar-refractivity contribution in [3.05, 3.63) is 35.9 Å². The van der Waals surface area contributed by atoms with Gasteiger partial charge in [-0.1, -0.05) is 113 Å². The lowest BCUT2D eigenvalue weighted by atomic mass is 10.1. The van der Waals surface area contributed by atoms with Crippen molar-refractivity contribution in [1.29, 1.82) is 0 Å². The lowest BCUT2D eigenvalue weighted by Gasteiger charge is -2.49. The van der Waals surface area contributed by atoms with E-state index < -0.39 is 30.4 Å². The fraction of sp³-hybridized carbons (Fsp3) is 0.818. The molecule has 0 amide bonds. The van der Waals surface area contributed by atoms with Gasteiger partial charge in [-0.25, -0.2) is 0 Å². The molecule has 0 N–H and O–H groups in total. The van der Waals surface area contributed by atoms with Crippen molar-refractivity contribution in [1.82, 2.24) is 0 Å². The maximum absolute atomic E-state index is 7.61. The van der Waals surface area contributed by atoms with Gasteiger partial charge >= 0.3 is 17.1 Å². The predicted octanol–water partition coefficient (Wildman–Crippen LogP) is 9.40. The molecule has 2 saturated heterocycles. The molecule has 248 valence electrons. The minimum Gasteiger partial charge on any atom is -0.414 e. The molecule has 0 saturated carbocycles. The Hall–Kier alpha value is -0.0194. The van der Waals surface area contributed by atoms with Crippen LogP contribution in [0, 0.1) is 0 Å². The third-order valence-electron chi connectivity index (χ3n) is 9.88. The Kier molecular flexibility index (Phi) is 12.5. The molecule has 6 nitrogen and oxygen atoms in total. The molecular weight excluding hydrogens is 609 g/mol. The fourth-order valence-electron chi connectivity index (χ4n) is 6.25. The Morgan fingerprint density at radius 3 is 1.98 bits per heavy atom. The smallest absolute Gasteiger partial charge is 0.335 e. The highest BCUT2D eigenvalue weighted by atomic mass is 32.2. The van der Waals surface area contributed by atoms with Crippen LogP contribution < -0.4 is 0 Å². The van der Waals surface area contributed by atoms with Crippen molar-refractivity contribution in [2.24, 2.45) is 0 Å². The second-order valence-corrected chi connectivity index (χ2v) is 30.4. The Balaban J connectivity index is 2.20. The van der Waals surface area contributed by atoms with Crippen molar-refractivity contribution in [3.63, 3.8) is 0 Å². The first-order valence-corrected chi connectivity index (χ1v) is 24.3. The summed E-state index contributed by atoms with van der Waals surface area (Å²) in [4.78, 5) is -0.737. The van der Waals surface area contributed by atoms with Crippen molar-refractivity contribution in [3.8, 4) is 0 Å². The van der Waals surface area contributed by atoms with Crippen LogP contribution in [0.2, 0.25) is 40.3 Å². The number of ether oxygens (including phenoxy) is 2. The number of hydrogen-bond donors (Lipinski definition) is 0.